The van der Waals surface area contributed by atoms with Crippen LogP contribution >= 0.6 is 0 Å². The number of hydrogen-bond acceptors (Lipinski definition) is 5. The second kappa shape index (κ2) is 4.75. The van der Waals surface area contributed by atoms with Gasteiger partial charge in [-0.25, -0.2) is 0 Å². The van der Waals surface area contributed by atoms with E-state index in [4.69, 9.17) is 10.5 Å². The Bertz CT molecular complexity index is 612. The van der Waals surface area contributed by atoms with Crippen molar-refractivity contribution < 1.29 is 9.53 Å². The van der Waals surface area contributed by atoms with Gasteiger partial charge in [0.05, 0.1) is 25.1 Å². The third kappa shape index (κ3) is 2.07. The van der Waals surface area contributed by atoms with Crippen LogP contribution < -0.4 is 10.5 Å². The lowest BCUT2D eigenvalue weighted by Crippen LogP contribution is -2.15. The van der Waals surface area contributed by atoms with Crippen LogP contribution in [-0.2, 0) is 7.05 Å². The number of aryl methyl sites for hydroxylation is 1. The molecule has 0 aliphatic rings. The lowest BCUT2D eigenvalue weighted by Gasteiger charge is -2.10. The van der Waals surface area contributed by atoms with E-state index in [0.29, 0.717) is 22.8 Å². The van der Waals surface area contributed by atoms with Crippen molar-refractivity contribution in [2.75, 3.05) is 12.8 Å². The van der Waals surface area contributed by atoms with E-state index in [1.54, 1.807) is 11.7 Å². The van der Waals surface area contributed by atoms with Gasteiger partial charge in [-0.15, -0.1) is 0 Å². The quantitative estimate of drug-likeness (QED) is 0.832. The molecule has 2 N–H and O–H groups in total. The predicted molar refractivity (Wildman–Crippen MR) is 70.2 cm³/mol. The molecule has 19 heavy (non-hydrogen) atoms. The van der Waals surface area contributed by atoms with E-state index in [1.165, 1.54) is 24.2 Å². The summed E-state index contributed by atoms with van der Waals surface area (Å²) in [6, 6.07) is 0.0424. The number of carbonyl (C=O) groups excluding carboxylic acids is 1. The number of aromatic nitrogens is 4. The van der Waals surface area contributed by atoms with Crippen LogP contribution in [0.15, 0.2) is 12.4 Å². The first-order valence-electron chi connectivity index (χ1n) is 5.91. The maximum Gasteiger partial charge on any atom is 0.220 e. The SMILES string of the molecule is COc1cnn(C(C)C)c1C(=O)c1cnn(C)c1N. The minimum Gasteiger partial charge on any atom is -0.493 e. The van der Waals surface area contributed by atoms with Gasteiger partial charge in [0.25, 0.3) is 0 Å². The Morgan fingerprint density at radius 3 is 2.53 bits per heavy atom. The fourth-order valence-corrected chi connectivity index (χ4v) is 1.85. The van der Waals surface area contributed by atoms with Crippen molar-refractivity contribution in [1.29, 1.82) is 0 Å². The topological polar surface area (TPSA) is 88.0 Å². The highest BCUT2D eigenvalue weighted by Gasteiger charge is 2.25. The Hall–Kier alpha value is -2.31. The molecule has 2 rings (SSSR count). The standard InChI is InChI=1S/C12H17N5O2/c1-7(2)17-10(9(19-4)6-15-17)11(18)8-5-14-16(3)12(8)13/h5-7H,13H2,1-4H3. The first kappa shape index (κ1) is 13.1. The van der Waals surface area contributed by atoms with Crippen molar-refractivity contribution in [2.45, 2.75) is 19.9 Å². The molecular weight excluding hydrogens is 246 g/mol. The normalized spacial score (nSPS) is 11.0. The summed E-state index contributed by atoms with van der Waals surface area (Å²) in [5.74, 6) is 0.513. The number of ketones is 1. The summed E-state index contributed by atoms with van der Waals surface area (Å²) in [6.45, 7) is 3.88. The van der Waals surface area contributed by atoms with E-state index in [9.17, 15) is 4.79 Å². The number of carbonyl (C=O) groups is 1. The molecule has 7 heteroatoms. The second-order valence-corrected chi connectivity index (χ2v) is 4.50. The zero-order valence-corrected chi connectivity index (χ0v) is 11.4. The second-order valence-electron chi connectivity index (χ2n) is 4.50. The van der Waals surface area contributed by atoms with Crippen LogP contribution in [0, 0.1) is 0 Å². The molecule has 2 aromatic heterocycles. The zero-order chi connectivity index (χ0) is 14.2. The number of nitrogen functional groups attached to an aromatic ring is 1. The van der Waals surface area contributed by atoms with Crippen LogP contribution in [-0.4, -0.2) is 32.5 Å². The molecule has 0 amide bonds. The number of nitrogens with two attached hydrogens (primary N) is 1. The van der Waals surface area contributed by atoms with Crippen molar-refractivity contribution in [3.63, 3.8) is 0 Å². The Kier molecular flexibility index (Phi) is 3.28. The van der Waals surface area contributed by atoms with Crippen molar-refractivity contribution >= 4 is 11.6 Å². The molecule has 0 saturated heterocycles. The average molecular weight is 263 g/mol. The van der Waals surface area contributed by atoms with E-state index in [2.05, 4.69) is 10.2 Å². The van der Waals surface area contributed by atoms with Crippen molar-refractivity contribution in [3.8, 4) is 5.75 Å². The molecular formula is C12H17N5O2. The fourth-order valence-electron chi connectivity index (χ4n) is 1.85. The van der Waals surface area contributed by atoms with Crippen molar-refractivity contribution in [2.24, 2.45) is 7.05 Å². The van der Waals surface area contributed by atoms with Crippen LogP contribution in [0.25, 0.3) is 0 Å². The number of hydrogen-bond donors (Lipinski definition) is 1. The number of rotatable bonds is 4. The Balaban J connectivity index is 2.55. The highest BCUT2D eigenvalue weighted by molar-refractivity contribution is 6.12. The molecule has 0 unspecified atom stereocenters. The monoisotopic (exact) mass is 263 g/mol. The highest BCUT2D eigenvalue weighted by atomic mass is 16.5. The van der Waals surface area contributed by atoms with Gasteiger partial charge in [0.15, 0.2) is 11.4 Å². The Labute approximate surface area is 111 Å². The molecule has 0 bridgehead atoms. The van der Waals surface area contributed by atoms with Crippen LogP contribution in [0.1, 0.15) is 35.9 Å². The zero-order valence-electron chi connectivity index (χ0n) is 11.4. The first-order chi connectivity index (χ1) is 8.97. The van der Waals surface area contributed by atoms with Gasteiger partial charge in [0.2, 0.25) is 5.78 Å². The average Bonchev–Trinajstić information content (AvgIpc) is 2.94. The number of anilines is 1. The Morgan fingerprint density at radius 1 is 1.37 bits per heavy atom. The van der Waals surface area contributed by atoms with E-state index < -0.39 is 0 Å². The molecule has 0 fully saturated rings. The summed E-state index contributed by atoms with van der Waals surface area (Å²) in [5, 5.41) is 8.15. The highest BCUT2D eigenvalue weighted by Crippen LogP contribution is 2.25. The molecule has 0 atom stereocenters. The summed E-state index contributed by atoms with van der Waals surface area (Å²) < 4.78 is 8.27. The molecule has 7 nitrogen and oxygen atoms in total. The molecule has 2 aromatic rings. The van der Waals surface area contributed by atoms with Gasteiger partial charge < -0.3 is 10.5 Å². The summed E-state index contributed by atoms with van der Waals surface area (Å²) >= 11 is 0. The number of ether oxygens (including phenoxy) is 1. The predicted octanol–water partition coefficient (Wildman–Crippen LogP) is 1.02. The van der Waals surface area contributed by atoms with Crippen LogP contribution in [0.4, 0.5) is 5.82 Å². The third-order valence-electron chi connectivity index (χ3n) is 2.92. The van der Waals surface area contributed by atoms with Gasteiger partial charge >= 0.3 is 0 Å². The molecule has 2 heterocycles. The summed E-state index contributed by atoms with van der Waals surface area (Å²) in [4.78, 5) is 12.6. The van der Waals surface area contributed by atoms with E-state index in [1.807, 2.05) is 13.8 Å². The van der Waals surface area contributed by atoms with Crippen molar-refractivity contribution in [3.05, 3.63) is 23.7 Å². The smallest absolute Gasteiger partial charge is 0.220 e. The van der Waals surface area contributed by atoms with Crippen LogP contribution in [0.2, 0.25) is 0 Å². The van der Waals surface area contributed by atoms with Crippen LogP contribution in [0.3, 0.4) is 0 Å². The summed E-state index contributed by atoms with van der Waals surface area (Å²) in [7, 11) is 3.19. The van der Waals surface area contributed by atoms with Crippen molar-refractivity contribution in [1.82, 2.24) is 19.6 Å². The van der Waals surface area contributed by atoms with E-state index >= 15 is 0 Å². The number of methoxy groups -OCH3 is 1. The van der Waals surface area contributed by atoms with Crippen LogP contribution in [0.5, 0.6) is 5.75 Å². The van der Waals surface area contributed by atoms with Gasteiger partial charge in [-0.2, -0.15) is 10.2 Å². The molecule has 0 aliphatic carbocycles. The first-order valence-corrected chi connectivity index (χ1v) is 5.91. The molecule has 0 aromatic carbocycles. The largest absolute Gasteiger partial charge is 0.493 e. The lowest BCUT2D eigenvalue weighted by molar-refractivity contribution is 0.102. The van der Waals surface area contributed by atoms with Gasteiger partial charge in [-0.3, -0.25) is 14.2 Å². The number of nitrogens with zero attached hydrogens (tertiary/aromatic N) is 4. The fraction of sp³-hybridized carbons (Fsp3) is 0.417. The minimum atomic E-state index is -0.242. The summed E-state index contributed by atoms with van der Waals surface area (Å²) in [6.07, 6.45) is 2.98. The lowest BCUT2D eigenvalue weighted by atomic mass is 10.1. The Morgan fingerprint density at radius 2 is 2.05 bits per heavy atom. The van der Waals surface area contributed by atoms with Gasteiger partial charge in [-0.1, -0.05) is 0 Å². The van der Waals surface area contributed by atoms with E-state index in [-0.39, 0.29) is 11.8 Å². The molecule has 0 spiro atoms. The minimum absolute atomic E-state index is 0.0424. The maximum atomic E-state index is 12.6. The molecule has 0 aliphatic heterocycles. The van der Waals surface area contributed by atoms with E-state index in [0.717, 1.165) is 0 Å². The van der Waals surface area contributed by atoms with Gasteiger partial charge in [0.1, 0.15) is 5.82 Å². The van der Waals surface area contributed by atoms with Gasteiger partial charge in [0, 0.05) is 13.1 Å². The maximum absolute atomic E-state index is 12.6. The van der Waals surface area contributed by atoms with Gasteiger partial charge in [-0.05, 0) is 13.8 Å². The third-order valence-corrected chi connectivity index (χ3v) is 2.92. The molecule has 0 radical (unpaired) electrons. The molecule has 102 valence electrons. The summed E-state index contributed by atoms with van der Waals surface area (Å²) in [5.41, 5.74) is 6.57. The molecule has 0 saturated carbocycles.